The predicted molar refractivity (Wildman–Crippen MR) is 91.4 cm³/mol. The molecular weight excluding hydrogens is 328 g/mol. The second kappa shape index (κ2) is 7.09. The lowest BCUT2D eigenvalue weighted by Crippen LogP contribution is -2.42. The summed E-state index contributed by atoms with van der Waals surface area (Å²) in [5.41, 5.74) is 0.906. The number of hydrogen-bond acceptors (Lipinski definition) is 5. The lowest BCUT2D eigenvalue weighted by molar-refractivity contribution is -0.120. The first-order valence-electron chi connectivity index (χ1n) is 7.84. The van der Waals surface area contributed by atoms with Gasteiger partial charge in [-0.25, -0.2) is 8.42 Å². The average Bonchev–Trinajstić information content (AvgIpc) is 3.17. The van der Waals surface area contributed by atoms with Crippen LogP contribution in [0.1, 0.15) is 12.2 Å². The lowest BCUT2D eigenvalue weighted by atomic mass is 10.2. The lowest BCUT2D eigenvalue weighted by Gasteiger charge is -2.24. The highest BCUT2D eigenvalue weighted by molar-refractivity contribution is 7.91. The minimum Gasteiger partial charge on any atom is -0.467 e. The van der Waals surface area contributed by atoms with Crippen LogP contribution in [0.25, 0.3) is 0 Å². The van der Waals surface area contributed by atoms with Gasteiger partial charge in [-0.15, -0.1) is 0 Å². The van der Waals surface area contributed by atoms with Crippen molar-refractivity contribution in [3.63, 3.8) is 0 Å². The number of benzene rings is 1. The molecule has 1 N–H and O–H groups in total. The molecule has 0 unspecified atom stereocenters. The second-order valence-corrected chi connectivity index (χ2v) is 8.17. The normalized spacial score (nSPS) is 19.1. The van der Waals surface area contributed by atoms with E-state index in [0.717, 1.165) is 11.4 Å². The van der Waals surface area contributed by atoms with Gasteiger partial charge >= 0.3 is 0 Å². The van der Waals surface area contributed by atoms with E-state index in [1.54, 1.807) is 6.26 Å². The first kappa shape index (κ1) is 16.6. The molecule has 0 radical (unpaired) electrons. The van der Waals surface area contributed by atoms with Gasteiger partial charge in [-0.3, -0.25) is 4.79 Å². The third-order valence-electron chi connectivity index (χ3n) is 3.98. The summed E-state index contributed by atoms with van der Waals surface area (Å²) in [6.07, 6.45) is 2.08. The first-order chi connectivity index (χ1) is 11.5. The van der Waals surface area contributed by atoms with Crippen LogP contribution in [0.2, 0.25) is 0 Å². The Balaban J connectivity index is 1.66. The van der Waals surface area contributed by atoms with E-state index in [4.69, 9.17) is 4.42 Å². The fourth-order valence-electron chi connectivity index (χ4n) is 2.82. The topological polar surface area (TPSA) is 79.6 Å². The molecule has 1 atom stereocenters. The Labute approximate surface area is 141 Å². The van der Waals surface area contributed by atoms with Gasteiger partial charge in [-0.05, 0) is 30.7 Å². The Kier molecular flexibility index (Phi) is 4.89. The molecule has 1 aliphatic rings. The second-order valence-electron chi connectivity index (χ2n) is 5.94. The zero-order chi connectivity index (χ0) is 17.0. The maximum Gasteiger partial charge on any atom is 0.239 e. The quantitative estimate of drug-likeness (QED) is 0.857. The molecular formula is C17H20N2O4S. The molecule has 1 amide bonds. The SMILES string of the molecule is O=C(CN(Cc1ccco1)c1ccccc1)N[C@@H]1CCS(=O)(=O)C1. The van der Waals surface area contributed by atoms with Crippen LogP contribution in [0.5, 0.6) is 0 Å². The van der Waals surface area contributed by atoms with E-state index < -0.39 is 9.84 Å². The maximum absolute atomic E-state index is 12.3. The van der Waals surface area contributed by atoms with E-state index in [0.29, 0.717) is 13.0 Å². The minimum absolute atomic E-state index is 0.0300. The third kappa shape index (κ3) is 4.38. The summed E-state index contributed by atoms with van der Waals surface area (Å²) >= 11 is 0. The van der Waals surface area contributed by atoms with E-state index >= 15 is 0 Å². The number of carbonyl (C=O) groups excluding carboxylic acids is 1. The van der Waals surface area contributed by atoms with Crippen LogP contribution in [0.15, 0.2) is 53.1 Å². The van der Waals surface area contributed by atoms with E-state index in [-0.39, 0.29) is 30.0 Å². The van der Waals surface area contributed by atoms with Crippen molar-refractivity contribution < 1.29 is 17.6 Å². The highest BCUT2D eigenvalue weighted by Crippen LogP contribution is 2.17. The largest absolute Gasteiger partial charge is 0.467 e. The summed E-state index contributed by atoms with van der Waals surface area (Å²) in [6, 6.07) is 13.0. The molecule has 1 saturated heterocycles. The molecule has 1 aromatic carbocycles. The van der Waals surface area contributed by atoms with Crippen molar-refractivity contribution in [2.75, 3.05) is 23.0 Å². The highest BCUT2D eigenvalue weighted by Gasteiger charge is 2.29. The number of nitrogens with zero attached hydrogens (tertiary/aromatic N) is 1. The number of hydrogen-bond donors (Lipinski definition) is 1. The molecule has 0 spiro atoms. The summed E-state index contributed by atoms with van der Waals surface area (Å²) in [4.78, 5) is 14.2. The summed E-state index contributed by atoms with van der Waals surface area (Å²) in [5.74, 6) is 0.747. The van der Waals surface area contributed by atoms with E-state index in [1.807, 2.05) is 47.4 Å². The highest BCUT2D eigenvalue weighted by atomic mass is 32.2. The Morgan fingerprint density at radius 3 is 2.62 bits per heavy atom. The minimum atomic E-state index is -3.01. The van der Waals surface area contributed by atoms with Crippen LogP contribution in [-0.4, -0.2) is 38.4 Å². The van der Waals surface area contributed by atoms with Gasteiger partial charge in [-0.1, -0.05) is 18.2 Å². The van der Waals surface area contributed by atoms with Crippen molar-refractivity contribution in [1.29, 1.82) is 0 Å². The fraction of sp³-hybridized carbons (Fsp3) is 0.353. The molecule has 128 valence electrons. The Hall–Kier alpha value is -2.28. The summed E-state index contributed by atoms with van der Waals surface area (Å²) in [5, 5.41) is 2.82. The molecule has 1 aliphatic heterocycles. The van der Waals surface area contributed by atoms with Gasteiger partial charge in [0, 0.05) is 11.7 Å². The van der Waals surface area contributed by atoms with Crippen LogP contribution in [-0.2, 0) is 21.2 Å². The number of anilines is 1. The average molecular weight is 348 g/mol. The van der Waals surface area contributed by atoms with E-state index in [9.17, 15) is 13.2 Å². The molecule has 1 fully saturated rings. The van der Waals surface area contributed by atoms with E-state index in [1.165, 1.54) is 0 Å². The van der Waals surface area contributed by atoms with Crippen molar-refractivity contribution in [2.45, 2.75) is 19.0 Å². The van der Waals surface area contributed by atoms with Gasteiger partial charge < -0.3 is 14.6 Å². The Bertz CT molecular complexity index is 772. The number of furan rings is 1. The molecule has 24 heavy (non-hydrogen) atoms. The van der Waals surface area contributed by atoms with Gasteiger partial charge in [0.2, 0.25) is 5.91 Å². The monoisotopic (exact) mass is 348 g/mol. The Morgan fingerprint density at radius 1 is 1.21 bits per heavy atom. The van der Waals surface area contributed by atoms with Crippen LogP contribution in [0, 0.1) is 0 Å². The third-order valence-corrected chi connectivity index (χ3v) is 5.75. The molecule has 0 bridgehead atoms. The molecule has 7 heteroatoms. The van der Waals surface area contributed by atoms with Crippen LogP contribution >= 0.6 is 0 Å². The molecule has 6 nitrogen and oxygen atoms in total. The molecule has 2 aromatic rings. The Morgan fingerprint density at radius 2 is 2.00 bits per heavy atom. The van der Waals surface area contributed by atoms with Crippen molar-refractivity contribution >= 4 is 21.4 Å². The van der Waals surface area contributed by atoms with Crippen molar-refractivity contribution in [3.8, 4) is 0 Å². The zero-order valence-corrected chi connectivity index (χ0v) is 14.0. The number of para-hydroxylation sites is 1. The predicted octanol–water partition coefficient (Wildman–Crippen LogP) is 1.59. The van der Waals surface area contributed by atoms with Crippen molar-refractivity contribution in [1.82, 2.24) is 5.32 Å². The van der Waals surface area contributed by atoms with Crippen LogP contribution < -0.4 is 10.2 Å². The van der Waals surface area contributed by atoms with Crippen molar-refractivity contribution in [3.05, 3.63) is 54.5 Å². The summed E-state index contributed by atoms with van der Waals surface area (Å²) in [7, 11) is -3.01. The number of nitrogens with one attached hydrogen (secondary N) is 1. The van der Waals surface area contributed by atoms with Gasteiger partial charge in [0.1, 0.15) is 5.76 Å². The van der Waals surface area contributed by atoms with Crippen molar-refractivity contribution in [2.24, 2.45) is 0 Å². The standard InChI is InChI=1S/C17H20N2O4S/c20-17(18-14-8-10-24(21,22)13-14)12-19(11-16-7-4-9-23-16)15-5-2-1-3-6-15/h1-7,9,14H,8,10-13H2,(H,18,20)/t14-/m1/s1. The van der Waals surface area contributed by atoms with E-state index in [2.05, 4.69) is 5.32 Å². The molecule has 0 saturated carbocycles. The molecule has 0 aliphatic carbocycles. The van der Waals surface area contributed by atoms with Crippen LogP contribution in [0.4, 0.5) is 5.69 Å². The van der Waals surface area contributed by atoms with Gasteiger partial charge in [-0.2, -0.15) is 0 Å². The van der Waals surface area contributed by atoms with Gasteiger partial charge in [0.25, 0.3) is 0 Å². The number of carbonyl (C=O) groups is 1. The smallest absolute Gasteiger partial charge is 0.239 e. The first-order valence-corrected chi connectivity index (χ1v) is 9.66. The number of rotatable bonds is 6. The number of amides is 1. The van der Waals surface area contributed by atoms with Gasteiger partial charge in [0.15, 0.2) is 9.84 Å². The molecule has 1 aromatic heterocycles. The van der Waals surface area contributed by atoms with Crippen LogP contribution in [0.3, 0.4) is 0 Å². The summed E-state index contributed by atoms with van der Waals surface area (Å²) < 4.78 is 28.4. The summed E-state index contributed by atoms with van der Waals surface area (Å²) in [6.45, 7) is 0.606. The maximum atomic E-state index is 12.3. The van der Waals surface area contributed by atoms with Gasteiger partial charge in [0.05, 0.1) is 30.9 Å². The number of sulfone groups is 1. The molecule has 3 rings (SSSR count). The fourth-order valence-corrected chi connectivity index (χ4v) is 4.50. The zero-order valence-electron chi connectivity index (χ0n) is 13.2. The molecule has 2 heterocycles.